The second-order valence-corrected chi connectivity index (χ2v) is 8.37. The lowest BCUT2D eigenvalue weighted by Gasteiger charge is -2.23. The van der Waals surface area contributed by atoms with Crippen molar-refractivity contribution in [3.8, 4) is 0 Å². The van der Waals surface area contributed by atoms with Crippen LogP contribution in [0.25, 0.3) is 0 Å². The van der Waals surface area contributed by atoms with Crippen LogP contribution < -0.4 is 9.62 Å². The van der Waals surface area contributed by atoms with E-state index in [9.17, 15) is 13.2 Å². The van der Waals surface area contributed by atoms with Crippen molar-refractivity contribution in [1.82, 2.24) is 4.72 Å². The molecule has 0 saturated heterocycles. The molecule has 2 aromatic carbocycles. The van der Waals surface area contributed by atoms with Gasteiger partial charge in [0.15, 0.2) is 0 Å². The van der Waals surface area contributed by atoms with Crippen LogP contribution in [0.5, 0.6) is 0 Å². The van der Waals surface area contributed by atoms with E-state index >= 15 is 0 Å². The van der Waals surface area contributed by atoms with E-state index in [4.69, 9.17) is 0 Å². The Labute approximate surface area is 148 Å². The predicted molar refractivity (Wildman–Crippen MR) is 98.3 cm³/mol. The molecule has 0 unspecified atom stereocenters. The minimum absolute atomic E-state index is 0.0151. The number of nitrogens with one attached hydrogen (secondary N) is 1. The van der Waals surface area contributed by atoms with Crippen molar-refractivity contribution in [1.29, 1.82) is 0 Å². The maximum atomic E-state index is 12.8. The third-order valence-electron chi connectivity index (χ3n) is 4.21. The minimum Gasteiger partial charge on any atom is -0.305 e. The molecule has 0 fully saturated rings. The third kappa shape index (κ3) is 3.45. The Morgan fingerprint density at radius 2 is 1.84 bits per heavy atom. The normalized spacial score (nSPS) is 17.0. The SMILES string of the molecule is CC(C)NS(=O)(=O)c1ccc2c(c1)C[C@@H](C)N2C(=O)c1ccccc1. The summed E-state index contributed by atoms with van der Waals surface area (Å²) in [7, 11) is -3.54. The van der Waals surface area contributed by atoms with Gasteiger partial charge in [0.25, 0.3) is 5.91 Å². The number of rotatable bonds is 4. The van der Waals surface area contributed by atoms with Gasteiger partial charge in [0.2, 0.25) is 10.0 Å². The molecule has 1 aliphatic heterocycles. The van der Waals surface area contributed by atoms with Gasteiger partial charge in [-0.05, 0) is 63.1 Å². The van der Waals surface area contributed by atoms with Crippen LogP contribution in [0.1, 0.15) is 36.7 Å². The average Bonchev–Trinajstić information content (AvgIpc) is 2.88. The number of nitrogens with zero attached hydrogens (tertiary/aromatic N) is 1. The van der Waals surface area contributed by atoms with Crippen LogP contribution in [-0.4, -0.2) is 26.4 Å². The van der Waals surface area contributed by atoms with Gasteiger partial charge in [-0.1, -0.05) is 18.2 Å². The quantitative estimate of drug-likeness (QED) is 0.914. The molecule has 0 radical (unpaired) electrons. The summed E-state index contributed by atoms with van der Waals surface area (Å²) < 4.78 is 27.3. The molecule has 6 heteroatoms. The van der Waals surface area contributed by atoms with Crippen LogP contribution in [0.2, 0.25) is 0 Å². The fraction of sp³-hybridized carbons (Fsp3) is 0.316. The van der Waals surface area contributed by atoms with Crippen molar-refractivity contribution < 1.29 is 13.2 Å². The summed E-state index contributed by atoms with van der Waals surface area (Å²) in [5, 5.41) is 0. The highest BCUT2D eigenvalue weighted by atomic mass is 32.2. The van der Waals surface area contributed by atoms with Crippen molar-refractivity contribution in [2.45, 2.75) is 44.2 Å². The van der Waals surface area contributed by atoms with E-state index in [0.29, 0.717) is 12.0 Å². The van der Waals surface area contributed by atoms with Crippen molar-refractivity contribution >= 4 is 21.6 Å². The lowest BCUT2D eigenvalue weighted by atomic mass is 10.1. The van der Waals surface area contributed by atoms with E-state index < -0.39 is 10.0 Å². The maximum absolute atomic E-state index is 12.8. The Hall–Kier alpha value is -2.18. The molecule has 0 saturated carbocycles. The number of sulfonamides is 1. The molecule has 2 aromatic rings. The molecule has 3 rings (SSSR count). The Morgan fingerprint density at radius 1 is 1.16 bits per heavy atom. The van der Waals surface area contributed by atoms with Crippen LogP contribution in [0.3, 0.4) is 0 Å². The molecule has 0 aliphatic carbocycles. The Kier molecular flexibility index (Phi) is 4.67. The van der Waals surface area contributed by atoms with Gasteiger partial charge in [-0.2, -0.15) is 0 Å². The largest absolute Gasteiger partial charge is 0.305 e. The number of carbonyl (C=O) groups is 1. The molecule has 25 heavy (non-hydrogen) atoms. The van der Waals surface area contributed by atoms with Gasteiger partial charge in [-0.25, -0.2) is 13.1 Å². The van der Waals surface area contributed by atoms with Gasteiger partial charge < -0.3 is 4.90 Å². The summed E-state index contributed by atoms with van der Waals surface area (Å²) in [5.41, 5.74) is 2.29. The number of amides is 1. The fourth-order valence-electron chi connectivity index (χ4n) is 3.18. The van der Waals surface area contributed by atoms with E-state index in [0.717, 1.165) is 11.3 Å². The van der Waals surface area contributed by atoms with Crippen molar-refractivity contribution in [3.63, 3.8) is 0 Å². The number of hydrogen-bond acceptors (Lipinski definition) is 3. The smallest absolute Gasteiger partial charge is 0.258 e. The van der Waals surface area contributed by atoms with Crippen molar-refractivity contribution in [3.05, 3.63) is 59.7 Å². The lowest BCUT2D eigenvalue weighted by Crippen LogP contribution is -2.35. The summed E-state index contributed by atoms with van der Waals surface area (Å²) in [6, 6.07) is 13.9. The zero-order chi connectivity index (χ0) is 18.2. The first kappa shape index (κ1) is 17.6. The lowest BCUT2D eigenvalue weighted by molar-refractivity contribution is 0.0981. The standard InChI is InChI=1S/C19H22N2O3S/c1-13(2)20-25(23,24)17-9-10-18-16(12-17)11-14(3)21(18)19(22)15-7-5-4-6-8-15/h4-10,12-14,20H,11H2,1-3H3/t14-/m1/s1. The number of fused-ring (bicyclic) bond motifs is 1. The molecule has 1 amide bonds. The summed E-state index contributed by atoms with van der Waals surface area (Å²) in [6.07, 6.45) is 0.638. The van der Waals surface area contributed by atoms with Crippen LogP contribution in [0.4, 0.5) is 5.69 Å². The molecule has 1 atom stereocenters. The summed E-state index contributed by atoms with van der Waals surface area (Å²) in [4.78, 5) is 14.8. The zero-order valence-corrected chi connectivity index (χ0v) is 15.4. The first-order valence-corrected chi connectivity index (χ1v) is 9.82. The Bertz CT molecular complexity index is 892. The van der Waals surface area contributed by atoms with Gasteiger partial charge in [0.05, 0.1) is 4.90 Å². The first-order valence-electron chi connectivity index (χ1n) is 8.33. The van der Waals surface area contributed by atoms with E-state index in [1.54, 1.807) is 49.1 Å². The molecule has 132 valence electrons. The molecule has 0 bridgehead atoms. The van der Waals surface area contributed by atoms with E-state index in [1.165, 1.54) is 0 Å². The number of benzene rings is 2. The highest BCUT2D eigenvalue weighted by Gasteiger charge is 2.32. The Balaban J connectivity index is 1.96. The second-order valence-electron chi connectivity index (χ2n) is 6.66. The fourth-order valence-corrected chi connectivity index (χ4v) is 4.48. The van der Waals surface area contributed by atoms with Crippen molar-refractivity contribution in [2.75, 3.05) is 4.90 Å². The maximum Gasteiger partial charge on any atom is 0.258 e. The molecule has 0 aromatic heterocycles. The molecular weight excluding hydrogens is 336 g/mol. The first-order chi connectivity index (χ1) is 11.8. The number of anilines is 1. The topological polar surface area (TPSA) is 66.5 Å². The number of carbonyl (C=O) groups excluding carboxylic acids is 1. The summed E-state index contributed by atoms with van der Waals surface area (Å²) in [6.45, 7) is 5.54. The van der Waals surface area contributed by atoms with E-state index in [2.05, 4.69) is 4.72 Å². The van der Waals surface area contributed by atoms with Gasteiger partial charge >= 0.3 is 0 Å². The number of hydrogen-bond donors (Lipinski definition) is 1. The molecular formula is C19H22N2O3S. The van der Waals surface area contributed by atoms with Gasteiger partial charge in [-0.3, -0.25) is 4.79 Å². The monoisotopic (exact) mass is 358 g/mol. The summed E-state index contributed by atoms with van der Waals surface area (Å²) >= 11 is 0. The Morgan fingerprint density at radius 3 is 2.48 bits per heavy atom. The minimum atomic E-state index is -3.54. The van der Waals surface area contributed by atoms with Crippen LogP contribution in [0, 0.1) is 0 Å². The van der Waals surface area contributed by atoms with E-state index in [-0.39, 0.29) is 22.9 Å². The highest BCUT2D eigenvalue weighted by Crippen LogP contribution is 2.35. The van der Waals surface area contributed by atoms with Crippen LogP contribution in [-0.2, 0) is 16.4 Å². The zero-order valence-electron chi connectivity index (χ0n) is 14.6. The molecule has 1 heterocycles. The van der Waals surface area contributed by atoms with Crippen LogP contribution >= 0.6 is 0 Å². The molecule has 1 aliphatic rings. The average molecular weight is 358 g/mol. The van der Waals surface area contributed by atoms with Gasteiger partial charge in [0, 0.05) is 23.3 Å². The summed E-state index contributed by atoms with van der Waals surface area (Å²) in [5.74, 6) is -0.0669. The highest BCUT2D eigenvalue weighted by molar-refractivity contribution is 7.89. The third-order valence-corrected chi connectivity index (χ3v) is 5.86. The van der Waals surface area contributed by atoms with Crippen molar-refractivity contribution in [2.24, 2.45) is 0 Å². The van der Waals surface area contributed by atoms with Gasteiger partial charge in [0.1, 0.15) is 0 Å². The molecule has 1 N–H and O–H groups in total. The molecule has 0 spiro atoms. The van der Waals surface area contributed by atoms with Gasteiger partial charge in [-0.15, -0.1) is 0 Å². The van der Waals surface area contributed by atoms with E-state index in [1.807, 2.05) is 25.1 Å². The van der Waals surface area contributed by atoms with Crippen LogP contribution in [0.15, 0.2) is 53.4 Å². The predicted octanol–water partition coefficient (Wildman–Crippen LogP) is 2.96. The molecule has 5 nitrogen and oxygen atoms in total. The second kappa shape index (κ2) is 6.61.